The average molecular weight is 235 g/mol. The van der Waals surface area contributed by atoms with Crippen LogP contribution in [0.3, 0.4) is 0 Å². The summed E-state index contributed by atoms with van der Waals surface area (Å²) in [5.41, 5.74) is 0. The quantitative estimate of drug-likeness (QED) is 0.384. The molecule has 0 N–H and O–H groups in total. The predicted molar refractivity (Wildman–Crippen MR) is 10.5 cm³/mol. The van der Waals surface area contributed by atoms with Crippen molar-refractivity contribution < 1.29 is 53.1 Å². The van der Waals surface area contributed by atoms with Crippen LogP contribution in [0, 0.1) is 35.6 Å². The molecule has 0 unspecified atom stereocenters. The summed E-state index contributed by atoms with van der Waals surface area (Å²) in [5.74, 6) is 0. The summed E-state index contributed by atoms with van der Waals surface area (Å²) >= 11 is 0. The van der Waals surface area contributed by atoms with Gasteiger partial charge >= 0.3 is 35.6 Å². The van der Waals surface area contributed by atoms with E-state index >= 15 is 0 Å². The molecule has 0 spiro atoms. The molecular formula is LaO4S+. The van der Waals surface area contributed by atoms with Gasteiger partial charge in [-0.3, -0.25) is 8.42 Å². The molecule has 0 aromatic heterocycles. The summed E-state index contributed by atoms with van der Waals surface area (Å²) in [4.78, 5) is 0. The standard InChI is InChI=1S/La.H2O4S/c;1-5(2,3)4/h;(H2,1,2,3,4)/q+3;/p-2. The first-order valence-corrected chi connectivity index (χ1v) is 2.00. The largest absolute Gasteiger partial charge is 3.00 e. The third-order valence-corrected chi connectivity index (χ3v) is 0. The van der Waals surface area contributed by atoms with Gasteiger partial charge in [-0.1, -0.05) is 0 Å². The van der Waals surface area contributed by atoms with E-state index in [1.54, 1.807) is 0 Å². The average Bonchev–Trinajstić information content (AvgIpc) is 0.722. The molecule has 0 aliphatic rings. The van der Waals surface area contributed by atoms with Crippen molar-refractivity contribution in [1.82, 2.24) is 0 Å². The smallest absolute Gasteiger partial charge is 0.759 e. The van der Waals surface area contributed by atoms with Gasteiger partial charge < -0.3 is 9.11 Å². The Kier molecular flexibility index (Phi) is 5.26. The van der Waals surface area contributed by atoms with Crippen molar-refractivity contribution in [2.75, 3.05) is 0 Å². The molecule has 0 aromatic rings. The maximum absolute atomic E-state index is 8.52. The Morgan fingerprint density at radius 1 is 1.17 bits per heavy atom. The molecule has 0 amide bonds. The van der Waals surface area contributed by atoms with Crippen molar-refractivity contribution in [3.8, 4) is 0 Å². The molecule has 0 bridgehead atoms. The van der Waals surface area contributed by atoms with E-state index in [0.29, 0.717) is 0 Å². The van der Waals surface area contributed by atoms with E-state index in [2.05, 4.69) is 0 Å². The first kappa shape index (κ1) is 10.1. The zero-order valence-corrected chi connectivity index (χ0v) is 7.06. The summed E-state index contributed by atoms with van der Waals surface area (Å²) in [5, 5.41) is 0. The molecule has 6 heavy (non-hydrogen) atoms. The van der Waals surface area contributed by atoms with Gasteiger partial charge in [0.15, 0.2) is 0 Å². The van der Waals surface area contributed by atoms with Crippen LogP contribution in [0.2, 0.25) is 0 Å². The second-order valence-electron chi connectivity index (χ2n) is 0.408. The van der Waals surface area contributed by atoms with Crippen molar-refractivity contribution in [2.24, 2.45) is 0 Å². The first-order chi connectivity index (χ1) is 2.00. The Balaban J connectivity index is 0. The third-order valence-electron chi connectivity index (χ3n) is 0. The molecule has 0 radical (unpaired) electrons. The maximum Gasteiger partial charge on any atom is 3.00 e. The number of hydrogen-bond acceptors (Lipinski definition) is 4. The SMILES string of the molecule is O=S(=O)([O-])[O-].[La+3]. The molecule has 4 nitrogen and oxygen atoms in total. The van der Waals surface area contributed by atoms with E-state index in [4.69, 9.17) is 17.5 Å². The Labute approximate surface area is 63.1 Å². The Morgan fingerprint density at radius 2 is 1.17 bits per heavy atom. The zero-order chi connectivity index (χ0) is 4.50. The minimum atomic E-state index is -5.17. The topological polar surface area (TPSA) is 80.3 Å². The second-order valence-corrected chi connectivity index (χ2v) is 1.22. The maximum atomic E-state index is 8.52. The van der Waals surface area contributed by atoms with Crippen molar-refractivity contribution >= 4 is 10.4 Å². The minimum absolute atomic E-state index is 0. The van der Waals surface area contributed by atoms with Gasteiger partial charge in [0.2, 0.25) is 0 Å². The van der Waals surface area contributed by atoms with Crippen LogP contribution in [0.25, 0.3) is 0 Å². The van der Waals surface area contributed by atoms with Gasteiger partial charge in [0.25, 0.3) is 0 Å². The molecule has 0 aromatic carbocycles. The van der Waals surface area contributed by atoms with E-state index in [-0.39, 0.29) is 35.6 Å². The summed E-state index contributed by atoms with van der Waals surface area (Å²) in [6.07, 6.45) is 0. The van der Waals surface area contributed by atoms with Gasteiger partial charge in [-0.25, -0.2) is 0 Å². The Hall–Kier alpha value is 1.06. The predicted octanol–water partition coefficient (Wildman–Crippen LogP) is -1.34. The second kappa shape index (κ2) is 3.12. The summed E-state index contributed by atoms with van der Waals surface area (Å²) in [7, 11) is -5.17. The molecule has 32 valence electrons. The summed E-state index contributed by atoms with van der Waals surface area (Å²) in [6, 6.07) is 0. The normalized spacial score (nSPS) is 9.67. The summed E-state index contributed by atoms with van der Waals surface area (Å²) < 4.78 is 34.1. The number of rotatable bonds is 0. The molecule has 0 heterocycles. The van der Waals surface area contributed by atoms with Crippen LogP contribution in [-0.2, 0) is 10.4 Å². The Bertz CT molecular complexity index is 90.7. The fourth-order valence-corrected chi connectivity index (χ4v) is 0. The van der Waals surface area contributed by atoms with Crippen LogP contribution in [0.4, 0.5) is 0 Å². The molecule has 0 saturated heterocycles. The van der Waals surface area contributed by atoms with Crippen LogP contribution in [0.1, 0.15) is 0 Å². The van der Waals surface area contributed by atoms with Crippen LogP contribution in [0.15, 0.2) is 0 Å². The molecule has 0 rings (SSSR count). The van der Waals surface area contributed by atoms with Crippen molar-refractivity contribution in [3.05, 3.63) is 0 Å². The summed E-state index contributed by atoms with van der Waals surface area (Å²) in [6.45, 7) is 0. The van der Waals surface area contributed by atoms with Crippen molar-refractivity contribution in [3.63, 3.8) is 0 Å². The van der Waals surface area contributed by atoms with E-state index in [9.17, 15) is 0 Å². The van der Waals surface area contributed by atoms with Gasteiger partial charge in [0, 0.05) is 10.4 Å². The Morgan fingerprint density at radius 3 is 1.17 bits per heavy atom. The van der Waals surface area contributed by atoms with Crippen LogP contribution >= 0.6 is 0 Å². The van der Waals surface area contributed by atoms with E-state index in [1.807, 2.05) is 0 Å². The molecule has 0 aliphatic heterocycles. The molecular weight excluding hydrogens is 235 g/mol. The van der Waals surface area contributed by atoms with Gasteiger partial charge in [0.05, 0.1) is 0 Å². The van der Waals surface area contributed by atoms with Crippen LogP contribution < -0.4 is 0 Å². The van der Waals surface area contributed by atoms with Gasteiger partial charge in [-0.15, -0.1) is 0 Å². The molecule has 0 atom stereocenters. The minimum Gasteiger partial charge on any atom is -0.759 e. The third kappa shape index (κ3) is 73.8. The van der Waals surface area contributed by atoms with Crippen molar-refractivity contribution in [2.45, 2.75) is 0 Å². The van der Waals surface area contributed by atoms with E-state index < -0.39 is 10.4 Å². The van der Waals surface area contributed by atoms with Crippen molar-refractivity contribution in [1.29, 1.82) is 0 Å². The van der Waals surface area contributed by atoms with Crippen LogP contribution in [-0.4, -0.2) is 17.5 Å². The monoisotopic (exact) mass is 235 g/mol. The van der Waals surface area contributed by atoms with Gasteiger partial charge in [0.1, 0.15) is 0 Å². The first-order valence-electron chi connectivity index (χ1n) is 0.667. The van der Waals surface area contributed by atoms with Gasteiger partial charge in [-0.2, -0.15) is 0 Å². The number of hydrogen-bond donors (Lipinski definition) is 0. The molecule has 0 fully saturated rings. The molecule has 6 heteroatoms. The van der Waals surface area contributed by atoms with E-state index in [0.717, 1.165) is 0 Å². The van der Waals surface area contributed by atoms with E-state index in [1.165, 1.54) is 0 Å². The molecule has 0 aliphatic carbocycles. The fourth-order valence-electron chi connectivity index (χ4n) is 0. The molecule has 0 saturated carbocycles. The van der Waals surface area contributed by atoms with Gasteiger partial charge in [-0.05, 0) is 0 Å². The fraction of sp³-hybridized carbons (Fsp3) is 0. The zero-order valence-electron chi connectivity index (χ0n) is 2.62. The van der Waals surface area contributed by atoms with Crippen LogP contribution in [0.5, 0.6) is 0 Å².